The van der Waals surface area contributed by atoms with Crippen molar-refractivity contribution < 1.29 is 9.18 Å². The van der Waals surface area contributed by atoms with Crippen molar-refractivity contribution in [3.8, 4) is 0 Å². The number of carbonyl (C=O) groups is 1. The molecule has 0 saturated carbocycles. The second kappa shape index (κ2) is 8.85. The summed E-state index contributed by atoms with van der Waals surface area (Å²) in [6, 6.07) is 23.3. The van der Waals surface area contributed by atoms with E-state index in [1.165, 1.54) is 12.1 Å². The fourth-order valence-corrected chi connectivity index (χ4v) is 5.71. The van der Waals surface area contributed by atoms with Crippen LogP contribution < -0.4 is 5.32 Å². The second-order valence-electron chi connectivity index (χ2n) is 8.28. The summed E-state index contributed by atoms with van der Waals surface area (Å²) >= 11 is 1.74. The molecule has 2 aliphatic rings. The van der Waals surface area contributed by atoms with Gasteiger partial charge in [-0.1, -0.05) is 60.3 Å². The van der Waals surface area contributed by atoms with Gasteiger partial charge < -0.3 is 10.2 Å². The summed E-state index contributed by atoms with van der Waals surface area (Å²) < 4.78 is 13.1. The maximum absolute atomic E-state index is 13.4. The quantitative estimate of drug-likeness (QED) is 0.625. The standard InChI is InChI=1S/C26H25FN2OS/c27-19-11-9-18(10-12-19)13-15-29-16-14-20(17-29)28-26(30)25-21-5-1-3-7-23(21)31-24-8-4-2-6-22(24)25/h1-12,20,25H,13-17H2,(H,28,30)/t20-/m0/s1. The number of nitrogens with one attached hydrogen (secondary N) is 1. The van der Waals surface area contributed by atoms with E-state index in [2.05, 4.69) is 34.5 Å². The Morgan fingerprint density at radius 1 is 0.968 bits per heavy atom. The number of benzene rings is 3. The molecule has 0 spiro atoms. The Labute approximate surface area is 186 Å². The average Bonchev–Trinajstić information content (AvgIpc) is 3.24. The predicted molar refractivity (Wildman–Crippen MR) is 122 cm³/mol. The van der Waals surface area contributed by atoms with Crippen LogP contribution in [0.4, 0.5) is 4.39 Å². The van der Waals surface area contributed by atoms with Crippen LogP contribution in [-0.2, 0) is 11.2 Å². The first-order chi connectivity index (χ1) is 15.2. The van der Waals surface area contributed by atoms with Crippen molar-refractivity contribution in [2.45, 2.75) is 34.6 Å². The molecule has 31 heavy (non-hydrogen) atoms. The Hall–Kier alpha value is -2.63. The van der Waals surface area contributed by atoms with E-state index < -0.39 is 0 Å². The van der Waals surface area contributed by atoms with E-state index in [1.807, 2.05) is 36.4 Å². The van der Waals surface area contributed by atoms with Gasteiger partial charge in [0.05, 0.1) is 5.92 Å². The molecule has 2 heterocycles. The van der Waals surface area contributed by atoms with Gasteiger partial charge >= 0.3 is 0 Å². The molecule has 5 rings (SSSR count). The number of hydrogen-bond acceptors (Lipinski definition) is 3. The topological polar surface area (TPSA) is 32.3 Å². The van der Waals surface area contributed by atoms with Crippen LogP contribution in [0.3, 0.4) is 0 Å². The average molecular weight is 433 g/mol. The molecule has 3 aromatic rings. The number of hydrogen-bond donors (Lipinski definition) is 1. The molecule has 3 nitrogen and oxygen atoms in total. The SMILES string of the molecule is O=C(N[C@H]1CCN(CCc2ccc(F)cc2)C1)C1c2ccccc2Sc2ccccc21. The Bertz CT molecular complexity index is 1040. The van der Waals surface area contributed by atoms with E-state index in [1.54, 1.807) is 11.8 Å². The first-order valence-electron chi connectivity index (χ1n) is 10.8. The first-order valence-corrected chi connectivity index (χ1v) is 11.6. The van der Waals surface area contributed by atoms with Crippen molar-refractivity contribution in [1.29, 1.82) is 0 Å². The largest absolute Gasteiger partial charge is 0.351 e. The number of nitrogens with zero attached hydrogens (tertiary/aromatic N) is 1. The highest BCUT2D eigenvalue weighted by Crippen LogP contribution is 2.45. The maximum atomic E-state index is 13.4. The number of amides is 1. The molecule has 0 aliphatic carbocycles. The van der Waals surface area contributed by atoms with Gasteiger partial charge in [0.15, 0.2) is 0 Å². The summed E-state index contributed by atoms with van der Waals surface area (Å²) in [7, 11) is 0. The minimum Gasteiger partial charge on any atom is -0.351 e. The molecule has 0 aromatic heterocycles. The van der Waals surface area contributed by atoms with Gasteiger partial charge in [-0.05, 0) is 53.8 Å². The predicted octanol–water partition coefficient (Wildman–Crippen LogP) is 4.86. The lowest BCUT2D eigenvalue weighted by atomic mass is 9.89. The van der Waals surface area contributed by atoms with Gasteiger partial charge in [-0.15, -0.1) is 0 Å². The Morgan fingerprint density at radius 3 is 2.29 bits per heavy atom. The lowest BCUT2D eigenvalue weighted by Gasteiger charge is -2.28. The van der Waals surface area contributed by atoms with Crippen LogP contribution in [-0.4, -0.2) is 36.5 Å². The van der Waals surface area contributed by atoms with Gasteiger partial charge in [0.1, 0.15) is 5.82 Å². The third-order valence-electron chi connectivity index (χ3n) is 6.19. The minimum atomic E-state index is -0.262. The van der Waals surface area contributed by atoms with E-state index in [0.717, 1.165) is 59.0 Å². The van der Waals surface area contributed by atoms with Crippen LogP contribution in [0, 0.1) is 5.82 Å². The van der Waals surface area contributed by atoms with Crippen molar-refractivity contribution in [2.75, 3.05) is 19.6 Å². The van der Waals surface area contributed by atoms with Gasteiger partial charge in [0.2, 0.25) is 5.91 Å². The third kappa shape index (κ3) is 4.39. The van der Waals surface area contributed by atoms with Crippen LogP contribution in [0.2, 0.25) is 0 Å². The Balaban J connectivity index is 1.24. The summed E-state index contributed by atoms with van der Waals surface area (Å²) in [6.07, 6.45) is 1.85. The van der Waals surface area contributed by atoms with E-state index >= 15 is 0 Å². The zero-order valence-corrected chi connectivity index (χ0v) is 18.1. The van der Waals surface area contributed by atoms with Crippen LogP contribution in [0.15, 0.2) is 82.6 Å². The molecule has 1 fully saturated rings. The molecule has 1 N–H and O–H groups in total. The molecular weight excluding hydrogens is 407 g/mol. The molecule has 0 unspecified atom stereocenters. The fraction of sp³-hybridized carbons (Fsp3) is 0.269. The van der Waals surface area contributed by atoms with Crippen molar-refractivity contribution in [3.63, 3.8) is 0 Å². The van der Waals surface area contributed by atoms with Gasteiger partial charge in [-0.2, -0.15) is 0 Å². The lowest BCUT2D eigenvalue weighted by molar-refractivity contribution is -0.122. The third-order valence-corrected chi connectivity index (χ3v) is 7.37. The Kier molecular flexibility index (Phi) is 5.79. The van der Waals surface area contributed by atoms with Crippen LogP contribution in [0.1, 0.15) is 29.0 Å². The molecule has 3 aromatic carbocycles. The minimum absolute atomic E-state index is 0.0885. The molecule has 2 aliphatic heterocycles. The second-order valence-corrected chi connectivity index (χ2v) is 9.37. The number of halogens is 1. The summed E-state index contributed by atoms with van der Waals surface area (Å²) in [5.41, 5.74) is 3.33. The summed E-state index contributed by atoms with van der Waals surface area (Å²) in [5.74, 6) is -0.371. The van der Waals surface area contributed by atoms with Crippen molar-refractivity contribution in [2.24, 2.45) is 0 Å². The van der Waals surface area contributed by atoms with Crippen molar-refractivity contribution in [1.82, 2.24) is 10.2 Å². The zero-order chi connectivity index (χ0) is 21.2. The molecule has 1 saturated heterocycles. The highest BCUT2D eigenvalue weighted by molar-refractivity contribution is 7.99. The number of likely N-dealkylation sites (tertiary alicyclic amines) is 1. The highest BCUT2D eigenvalue weighted by atomic mass is 32.2. The van der Waals surface area contributed by atoms with Gasteiger partial charge in [-0.3, -0.25) is 4.79 Å². The molecule has 158 valence electrons. The lowest BCUT2D eigenvalue weighted by Crippen LogP contribution is -2.40. The van der Waals surface area contributed by atoms with Crippen LogP contribution in [0.5, 0.6) is 0 Å². The van der Waals surface area contributed by atoms with Crippen molar-refractivity contribution in [3.05, 3.63) is 95.3 Å². The van der Waals surface area contributed by atoms with E-state index in [4.69, 9.17) is 0 Å². The summed E-state index contributed by atoms with van der Waals surface area (Å²) in [5, 5.41) is 3.33. The number of fused-ring (bicyclic) bond motifs is 2. The van der Waals surface area contributed by atoms with Crippen LogP contribution in [0.25, 0.3) is 0 Å². The summed E-state index contributed by atoms with van der Waals surface area (Å²) in [6.45, 7) is 2.75. The van der Waals surface area contributed by atoms with E-state index in [9.17, 15) is 9.18 Å². The van der Waals surface area contributed by atoms with E-state index in [-0.39, 0.29) is 23.7 Å². The van der Waals surface area contributed by atoms with Gasteiger partial charge in [0.25, 0.3) is 0 Å². The van der Waals surface area contributed by atoms with Crippen molar-refractivity contribution >= 4 is 17.7 Å². The highest BCUT2D eigenvalue weighted by Gasteiger charge is 2.33. The molecule has 1 amide bonds. The summed E-state index contributed by atoms with van der Waals surface area (Å²) in [4.78, 5) is 18.1. The molecule has 1 atom stereocenters. The molecule has 0 bridgehead atoms. The smallest absolute Gasteiger partial charge is 0.232 e. The maximum Gasteiger partial charge on any atom is 0.232 e. The normalized spacial score (nSPS) is 18.4. The first kappa shape index (κ1) is 20.3. The molecule has 5 heteroatoms. The Morgan fingerprint density at radius 2 is 1.61 bits per heavy atom. The molecular formula is C26H25FN2OS. The number of rotatable bonds is 5. The van der Waals surface area contributed by atoms with Gasteiger partial charge in [-0.25, -0.2) is 4.39 Å². The monoisotopic (exact) mass is 432 g/mol. The van der Waals surface area contributed by atoms with Crippen LogP contribution >= 0.6 is 11.8 Å². The van der Waals surface area contributed by atoms with E-state index in [0.29, 0.717) is 0 Å². The zero-order valence-electron chi connectivity index (χ0n) is 17.3. The fourth-order valence-electron chi connectivity index (χ4n) is 4.57. The number of carbonyl (C=O) groups excluding carboxylic acids is 1. The molecule has 0 radical (unpaired) electrons. The van der Waals surface area contributed by atoms with Gasteiger partial charge in [0, 0.05) is 35.5 Å².